The van der Waals surface area contributed by atoms with Crippen LogP contribution in [0.1, 0.15) is 309 Å². The molecule has 9 unspecified atom stereocenters. The smallest absolute Gasteiger partial charge is 0.249 e. The van der Waals surface area contributed by atoms with Gasteiger partial charge in [0.15, 0.2) is 6.29 Å². The lowest BCUT2D eigenvalue weighted by Gasteiger charge is -2.40. The van der Waals surface area contributed by atoms with Crippen LogP contribution >= 0.6 is 0 Å². The molecule has 0 spiro atoms. The van der Waals surface area contributed by atoms with Gasteiger partial charge in [-0.15, -0.1) is 0 Å². The molecule has 0 radical (unpaired) electrons. The molecule has 1 aliphatic rings. The predicted molar refractivity (Wildman–Crippen MR) is 312 cm³/mol. The fourth-order valence-electron chi connectivity index (χ4n) is 10.5. The zero-order valence-corrected chi connectivity index (χ0v) is 48.8. The van der Waals surface area contributed by atoms with Crippen LogP contribution in [0.25, 0.3) is 0 Å². The maximum absolute atomic E-state index is 13.2. The molecule has 75 heavy (non-hydrogen) atoms. The first-order chi connectivity index (χ1) is 36.7. The number of aliphatic hydroxyl groups is 7. The van der Waals surface area contributed by atoms with Crippen LogP contribution in [0.5, 0.6) is 0 Å². The first kappa shape index (κ1) is 71.6. The largest absolute Gasteiger partial charge is 0.394 e. The van der Waals surface area contributed by atoms with Gasteiger partial charge in [0, 0.05) is 0 Å². The highest BCUT2D eigenvalue weighted by molar-refractivity contribution is 5.80. The van der Waals surface area contributed by atoms with Crippen LogP contribution in [-0.2, 0) is 14.3 Å². The topological polar surface area (TPSA) is 189 Å². The van der Waals surface area contributed by atoms with E-state index in [1.165, 1.54) is 212 Å². The summed E-state index contributed by atoms with van der Waals surface area (Å²) in [6.45, 7) is 3.47. The fourth-order valence-corrected chi connectivity index (χ4v) is 10.5. The van der Waals surface area contributed by atoms with Crippen LogP contribution in [-0.4, -0.2) is 110 Å². The Hall–Kier alpha value is -1.41. The lowest BCUT2D eigenvalue weighted by molar-refractivity contribution is -0.303. The van der Waals surface area contributed by atoms with Gasteiger partial charge in [0.2, 0.25) is 5.91 Å². The number of ether oxygens (including phenoxy) is 2. The van der Waals surface area contributed by atoms with Crippen LogP contribution < -0.4 is 5.32 Å². The van der Waals surface area contributed by atoms with Gasteiger partial charge in [0.25, 0.3) is 0 Å². The Morgan fingerprint density at radius 2 is 0.787 bits per heavy atom. The molecule has 444 valence electrons. The molecule has 1 amide bonds. The third-order valence-electron chi connectivity index (χ3n) is 15.7. The summed E-state index contributed by atoms with van der Waals surface area (Å²) in [7, 11) is 0. The van der Waals surface area contributed by atoms with E-state index in [2.05, 4.69) is 43.5 Å². The first-order valence-corrected chi connectivity index (χ1v) is 32.2. The van der Waals surface area contributed by atoms with E-state index >= 15 is 0 Å². The van der Waals surface area contributed by atoms with Crippen LogP contribution in [0, 0.1) is 0 Å². The van der Waals surface area contributed by atoms with Crippen LogP contribution in [0.15, 0.2) is 24.3 Å². The number of carbonyl (C=O) groups excluding carboxylic acids is 1. The quantitative estimate of drug-likeness (QED) is 0.0215. The molecule has 1 rings (SSSR count). The summed E-state index contributed by atoms with van der Waals surface area (Å²) in [5.74, 6) is -0.708. The number of aliphatic hydroxyl groups excluding tert-OH is 7. The summed E-state index contributed by atoms with van der Waals surface area (Å²) >= 11 is 0. The van der Waals surface area contributed by atoms with Crippen molar-refractivity contribution in [2.75, 3.05) is 13.2 Å². The van der Waals surface area contributed by atoms with Crippen LogP contribution in [0.3, 0.4) is 0 Å². The predicted octanol–water partition coefficient (Wildman–Crippen LogP) is 14.5. The SMILES string of the molecule is CCCCCCCC/C=C\CCCCCCCCC(O)C(=O)NC(COC1OC(CO)C(O)C(O)C1O)C(O)C(O)CCC/C=C/CCCCCCCCCCCCCCCCCCCCCCCCCCCCC. The van der Waals surface area contributed by atoms with Gasteiger partial charge in [-0.1, -0.05) is 269 Å². The molecule has 9 atom stereocenters. The molecule has 8 N–H and O–H groups in total. The molecule has 0 bridgehead atoms. The molecule has 0 aromatic rings. The highest BCUT2D eigenvalue weighted by Gasteiger charge is 2.44. The maximum atomic E-state index is 13.2. The lowest BCUT2D eigenvalue weighted by Crippen LogP contribution is -2.60. The number of allylic oxidation sites excluding steroid dienone is 4. The van der Waals surface area contributed by atoms with Gasteiger partial charge < -0.3 is 50.5 Å². The van der Waals surface area contributed by atoms with Crippen molar-refractivity contribution in [2.24, 2.45) is 0 Å². The summed E-state index contributed by atoms with van der Waals surface area (Å²) in [5, 5.41) is 76.2. The van der Waals surface area contributed by atoms with E-state index in [9.17, 15) is 40.5 Å². The van der Waals surface area contributed by atoms with E-state index < -0.39 is 74.2 Å². The third kappa shape index (κ3) is 41.3. The van der Waals surface area contributed by atoms with E-state index in [0.717, 1.165) is 57.8 Å². The van der Waals surface area contributed by atoms with Crippen molar-refractivity contribution >= 4 is 5.91 Å². The summed E-state index contributed by atoms with van der Waals surface area (Å²) in [4.78, 5) is 13.2. The van der Waals surface area contributed by atoms with Crippen molar-refractivity contribution in [3.05, 3.63) is 24.3 Å². The van der Waals surface area contributed by atoms with Crippen molar-refractivity contribution in [1.29, 1.82) is 0 Å². The summed E-state index contributed by atoms with van der Waals surface area (Å²) in [6, 6.07) is -1.19. The highest BCUT2D eigenvalue weighted by atomic mass is 16.7. The van der Waals surface area contributed by atoms with E-state index in [1.54, 1.807) is 0 Å². The van der Waals surface area contributed by atoms with E-state index in [4.69, 9.17) is 9.47 Å². The Kier molecular flexibility index (Phi) is 50.8. The van der Waals surface area contributed by atoms with Gasteiger partial charge in [-0.25, -0.2) is 0 Å². The highest BCUT2D eigenvalue weighted by Crippen LogP contribution is 2.24. The van der Waals surface area contributed by atoms with Gasteiger partial charge in [-0.3, -0.25) is 4.79 Å². The van der Waals surface area contributed by atoms with Gasteiger partial charge in [0.1, 0.15) is 36.6 Å². The minimum absolute atomic E-state index is 0.248. The number of hydrogen-bond donors (Lipinski definition) is 8. The number of nitrogens with one attached hydrogen (secondary N) is 1. The molecular weight excluding hydrogens is 943 g/mol. The molecule has 1 aliphatic heterocycles. The van der Waals surface area contributed by atoms with Crippen molar-refractivity contribution in [1.82, 2.24) is 5.32 Å². The number of rotatable bonds is 56. The second kappa shape index (κ2) is 53.2. The average molecular weight is 1070 g/mol. The van der Waals surface area contributed by atoms with E-state index in [-0.39, 0.29) is 12.8 Å². The van der Waals surface area contributed by atoms with Crippen molar-refractivity contribution in [3.63, 3.8) is 0 Å². The fraction of sp³-hybridized carbons (Fsp3) is 0.922. The Bertz CT molecular complexity index is 1270. The van der Waals surface area contributed by atoms with Crippen LogP contribution in [0.4, 0.5) is 0 Å². The minimum atomic E-state index is -1.67. The Balaban J connectivity index is 2.21. The molecular formula is C64H123NO10. The van der Waals surface area contributed by atoms with Gasteiger partial charge >= 0.3 is 0 Å². The average Bonchev–Trinajstić information content (AvgIpc) is 3.41. The lowest BCUT2D eigenvalue weighted by atomic mass is 9.98. The number of unbranched alkanes of at least 4 members (excludes halogenated alkanes) is 40. The van der Waals surface area contributed by atoms with Crippen molar-refractivity contribution < 1.29 is 50.0 Å². The number of carbonyl (C=O) groups is 1. The molecule has 1 heterocycles. The molecule has 0 aliphatic carbocycles. The van der Waals surface area contributed by atoms with Crippen molar-refractivity contribution in [3.8, 4) is 0 Å². The Morgan fingerprint density at radius 3 is 1.15 bits per heavy atom. The van der Waals surface area contributed by atoms with E-state index in [0.29, 0.717) is 12.8 Å². The minimum Gasteiger partial charge on any atom is -0.394 e. The molecule has 11 nitrogen and oxygen atoms in total. The normalized spacial score (nSPS) is 19.8. The molecule has 0 aromatic carbocycles. The Morgan fingerprint density at radius 1 is 0.453 bits per heavy atom. The Labute approximate surface area is 461 Å². The first-order valence-electron chi connectivity index (χ1n) is 32.2. The maximum Gasteiger partial charge on any atom is 0.249 e. The monoisotopic (exact) mass is 1070 g/mol. The van der Waals surface area contributed by atoms with Crippen LogP contribution in [0.2, 0.25) is 0 Å². The van der Waals surface area contributed by atoms with Gasteiger partial charge in [-0.2, -0.15) is 0 Å². The standard InChI is InChI=1S/C64H123NO10/c1-3-5-7-9-11-13-15-17-19-21-22-23-24-25-26-27-28-29-30-31-32-33-34-35-36-38-39-41-43-45-47-49-51-56(67)59(69)55(54-74-64-62(72)61(71)60(70)58(53-66)75-64)65-63(73)57(68)52-50-48-46-44-42-40-37-20-18-16-14-12-10-8-6-4-2/h18,20,43,45,55-62,64,66-72H,3-17,19,21-42,44,46-54H2,1-2H3,(H,65,73)/b20-18-,45-43+. The van der Waals surface area contributed by atoms with E-state index in [1.807, 2.05) is 0 Å². The van der Waals surface area contributed by atoms with Gasteiger partial charge in [-0.05, 0) is 64.2 Å². The molecule has 0 saturated carbocycles. The summed E-state index contributed by atoms with van der Waals surface area (Å²) in [6.07, 6.45) is 54.1. The number of amides is 1. The number of hydrogen-bond acceptors (Lipinski definition) is 10. The molecule has 1 fully saturated rings. The molecule has 11 heteroatoms. The molecule has 0 aromatic heterocycles. The second-order valence-corrected chi connectivity index (χ2v) is 22.8. The molecule has 1 saturated heterocycles. The summed E-state index contributed by atoms with van der Waals surface area (Å²) < 4.78 is 11.1. The zero-order valence-electron chi connectivity index (χ0n) is 48.8. The summed E-state index contributed by atoms with van der Waals surface area (Å²) in [5.41, 5.74) is 0. The third-order valence-corrected chi connectivity index (χ3v) is 15.7. The van der Waals surface area contributed by atoms with Crippen molar-refractivity contribution in [2.45, 2.75) is 364 Å². The zero-order chi connectivity index (χ0) is 54.7. The second-order valence-electron chi connectivity index (χ2n) is 22.8. The van der Waals surface area contributed by atoms with Gasteiger partial charge in [0.05, 0.1) is 25.4 Å².